The summed E-state index contributed by atoms with van der Waals surface area (Å²) in [5.41, 5.74) is 1.19. The average Bonchev–Trinajstić information content (AvgIpc) is 2.30. The third-order valence-electron chi connectivity index (χ3n) is 3.07. The van der Waals surface area contributed by atoms with Crippen LogP contribution in [0.4, 0.5) is 0 Å². The Kier molecular flexibility index (Phi) is 3.80. The van der Waals surface area contributed by atoms with E-state index in [-0.39, 0.29) is 6.10 Å². The minimum atomic E-state index is -0.163. The summed E-state index contributed by atoms with van der Waals surface area (Å²) in [6.07, 6.45) is 1.85. The predicted octanol–water partition coefficient (Wildman–Crippen LogP) is 1.65. The van der Waals surface area contributed by atoms with Gasteiger partial charge in [0.1, 0.15) is 5.75 Å². The van der Waals surface area contributed by atoms with Crippen LogP contribution in [0, 0.1) is 0 Å². The molecule has 0 bridgehead atoms. The number of nitrogens with zero attached hydrogens (tertiary/aromatic N) is 1. The van der Waals surface area contributed by atoms with Crippen molar-refractivity contribution in [2.24, 2.45) is 0 Å². The monoisotopic (exact) mass is 221 g/mol. The standard InChI is InChI=1S/C13H19NO2/c1-16-13-7-3-2-5-11(13)9-14-8-4-6-12(15)10-14/h2-3,5,7,12,15H,4,6,8-10H2,1H3/t12-/m0/s1. The lowest BCUT2D eigenvalue weighted by atomic mass is 10.1. The highest BCUT2D eigenvalue weighted by molar-refractivity contribution is 5.33. The molecule has 1 heterocycles. The SMILES string of the molecule is COc1ccccc1CN1CCC[C@H](O)C1. The van der Waals surface area contributed by atoms with Crippen LogP contribution < -0.4 is 4.74 Å². The summed E-state index contributed by atoms with van der Waals surface area (Å²) < 4.78 is 5.32. The number of rotatable bonds is 3. The lowest BCUT2D eigenvalue weighted by molar-refractivity contribution is 0.0664. The van der Waals surface area contributed by atoms with Crippen molar-refractivity contribution < 1.29 is 9.84 Å². The molecule has 3 heteroatoms. The van der Waals surface area contributed by atoms with E-state index in [0.29, 0.717) is 0 Å². The largest absolute Gasteiger partial charge is 0.496 e. The molecule has 88 valence electrons. The van der Waals surface area contributed by atoms with Crippen LogP contribution in [0.5, 0.6) is 5.75 Å². The van der Waals surface area contributed by atoms with Gasteiger partial charge in [0.2, 0.25) is 0 Å². The van der Waals surface area contributed by atoms with Gasteiger partial charge in [0.25, 0.3) is 0 Å². The zero-order valence-corrected chi connectivity index (χ0v) is 9.72. The van der Waals surface area contributed by atoms with E-state index in [1.807, 2.05) is 18.2 Å². The van der Waals surface area contributed by atoms with Crippen molar-refractivity contribution in [2.45, 2.75) is 25.5 Å². The summed E-state index contributed by atoms with van der Waals surface area (Å²) in [7, 11) is 1.70. The molecule has 0 amide bonds. The Morgan fingerprint density at radius 2 is 2.25 bits per heavy atom. The van der Waals surface area contributed by atoms with E-state index in [1.165, 1.54) is 5.56 Å². The third-order valence-corrected chi connectivity index (χ3v) is 3.07. The summed E-state index contributed by atoms with van der Waals surface area (Å²) in [4.78, 5) is 2.28. The Labute approximate surface area is 96.6 Å². The quantitative estimate of drug-likeness (QED) is 0.842. The number of ether oxygens (including phenoxy) is 1. The maximum absolute atomic E-state index is 9.61. The fourth-order valence-electron chi connectivity index (χ4n) is 2.25. The second-order valence-corrected chi connectivity index (χ2v) is 4.34. The van der Waals surface area contributed by atoms with Crippen LogP contribution in [0.15, 0.2) is 24.3 Å². The van der Waals surface area contributed by atoms with E-state index in [1.54, 1.807) is 7.11 Å². The fourth-order valence-corrected chi connectivity index (χ4v) is 2.25. The minimum Gasteiger partial charge on any atom is -0.496 e. The number of hydrogen-bond acceptors (Lipinski definition) is 3. The molecule has 1 fully saturated rings. The number of hydrogen-bond donors (Lipinski definition) is 1. The number of benzene rings is 1. The number of para-hydroxylation sites is 1. The van der Waals surface area contributed by atoms with Crippen LogP contribution in [0.3, 0.4) is 0 Å². The fraction of sp³-hybridized carbons (Fsp3) is 0.538. The van der Waals surface area contributed by atoms with Crippen LogP contribution in [-0.2, 0) is 6.54 Å². The summed E-state index contributed by atoms with van der Waals surface area (Å²) in [6.45, 7) is 2.70. The van der Waals surface area contributed by atoms with Crippen LogP contribution in [0.2, 0.25) is 0 Å². The van der Waals surface area contributed by atoms with Crippen LogP contribution in [0.25, 0.3) is 0 Å². The zero-order chi connectivity index (χ0) is 11.4. The molecule has 1 saturated heterocycles. The van der Waals surface area contributed by atoms with Gasteiger partial charge in [-0.25, -0.2) is 0 Å². The van der Waals surface area contributed by atoms with Gasteiger partial charge in [-0.2, -0.15) is 0 Å². The Bertz CT molecular complexity index is 340. The normalized spacial score (nSPS) is 22.0. The molecule has 0 radical (unpaired) electrons. The zero-order valence-electron chi connectivity index (χ0n) is 9.72. The van der Waals surface area contributed by atoms with Gasteiger partial charge in [0.15, 0.2) is 0 Å². The number of piperidine rings is 1. The lowest BCUT2D eigenvalue weighted by Gasteiger charge is -2.30. The highest BCUT2D eigenvalue weighted by Gasteiger charge is 2.18. The number of likely N-dealkylation sites (tertiary alicyclic amines) is 1. The van der Waals surface area contributed by atoms with E-state index < -0.39 is 0 Å². The molecule has 2 rings (SSSR count). The summed E-state index contributed by atoms with van der Waals surface area (Å²) in [5, 5.41) is 9.61. The molecule has 0 aromatic heterocycles. The first-order chi connectivity index (χ1) is 7.79. The second-order valence-electron chi connectivity index (χ2n) is 4.34. The molecule has 0 aliphatic carbocycles. The van der Waals surface area contributed by atoms with E-state index in [4.69, 9.17) is 4.74 Å². The molecule has 1 atom stereocenters. The van der Waals surface area contributed by atoms with E-state index in [0.717, 1.165) is 38.2 Å². The lowest BCUT2D eigenvalue weighted by Crippen LogP contribution is -2.37. The first kappa shape index (κ1) is 11.4. The number of aliphatic hydroxyl groups is 1. The van der Waals surface area contributed by atoms with Gasteiger partial charge in [0.05, 0.1) is 13.2 Å². The van der Waals surface area contributed by atoms with Gasteiger partial charge in [-0.3, -0.25) is 4.90 Å². The highest BCUT2D eigenvalue weighted by atomic mass is 16.5. The Morgan fingerprint density at radius 3 is 3.00 bits per heavy atom. The third kappa shape index (κ3) is 2.74. The van der Waals surface area contributed by atoms with Gasteiger partial charge >= 0.3 is 0 Å². The van der Waals surface area contributed by atoms with Crippen molar-refractivity contribution in [1.82, 2.24) is 4.90 Å². The molecule has 0 unspecified atom stereocenters. The van der Waals surface area contributed by atoms with Crippen molar-refractivity contribution in [3.8, 4) is 5.75 Å². The van der Waals surface area contributed by atoms with E-state index >= 15 is 0 Å². The highest BCUT2D eigenvalue weighted by Crippen LogP contribution is 2.21. The summed E-state index contributed by atoms with van der Waals surface area (Å²) in [5.74, 6) is 0.933. The number of β-amino-alcohol motifs (C(OH)–C–C–N with tert-alkyl or cyclic N) is 1. The maximum Gasteiger partial charge on any atom is 0.123 e. The summed E-state index contributed by atoms with van der Waals surface area (Å²) >= 11 is 0. The molecule has 0 spiro atoms. The maximum atomic E-state index is 9.61. The van der Waals surface area contributed by atoms with Gasteiger partial charge in [0, 0.05) is 18.7 Å². The average molecular weight is 221 g/mol. The first-order valence-corrected chi connectivity index (χ1v) is 5.82. The van der Waals surface area contributed by atoms with E-state index in [9.17, 15) is 5.11 Å². The van der Waals surface area contributed by atoms with Crippen LogP contribution >= 0.6 is 0 Å². The Morgan fingerprint density at radius 1 is 1.44 bits per heavy atom. The Balaban J connectivity index is 2.02. The molecule has 16 heavy (non-hydrogen) atoms. The van der Waals surface area contributed by atoms with Crippen LogP contribution in [0.1, 0.15) is 18.4 Å². The van der Waals surface area contributed by atoms with Crippen molar-refractivity contribution in [1.29, 1.82) is 0 Å². The van der Waals surface area contributed by atoms with Gasteiger partial charge in [-0.05, 0) is 25.5 Å². The van der Waals surface area contributed by atoms with E-state index in [2.05, 4.69) is 11.0 Å². The number of methoxy groups -OCH3 is 1. The molecule has 3 nitrogen and oxygen atoms in total. The molecule has 1 aliphatic heterocycles. The molecular weight excluding hydrogens is 202 g/mol. The first-order valence-electron chi connectivity index (χ1n) is 5.82. The molecular formula is C13H19NO2. The second kappa shape index (κ2) is 5.32. The van der Waals surface area contributed by atoms with Gasteiger partial charge in [-0.1, -0.05) is 18.2 Å². The molecule has 1 aromatic rings. The predicted molar refractivity (Wildman–Crippen MR) is 63.5 cm³/mol. The van der Waals surface area contributed by atoms with Gasteiger partial charge < -0.3 is 9.84 Å². The van der Waals surface area contributed by atoms with Gasteiger partial charge in [-0.15, -0.1) is 0 Å². The molecule has 1 aromatic carbocycles. The topological polar surface area (TPSA) is 32.7 Å². The minimum absolute atomic E-state index is 0.163. The molecule has 0 saturated carbocycles. The van der Waals surface area contributed by atoms with Crippen molar-refractivity contribution in [3.05, 3.63) is 29.8 Å². The smallest absolute Gasteiger partial charge is 0.123 e. The van der Waals surface area contributed by atoms with Crippen molar-refractivity contribution in [3.63, 3.8) is 0 Å². The van der Waals surface area contributed by atoms with Crippen molar-refractivity contribution >= 4 is 0 Å². The summed E-state index contributed by atoms with van der Waals surface area (Å²) in [6, 6.07) is 8.07. The molecule has 1 aliphatic rings. The van der Waals surface area contributed by atoms with Crippen LogP contribution in [-0.4, -0.2) is 36.3 Å². The number of aliphatic hydroxyl groups excluding tert-OH is 1. The molecule has 1 N–H and O–H groups in total. The van der Waals surface area contributed by atoms with Crippen molar-refractivity contribution in [2.75, 3.05) is 20.2 Å². The Hall–Kier alpha value is -1.06.